The maximum atomic E-state index is 2.47. The van der Waals surface area contributed by atoms with Crippen molar-refractivity contribution in [2.75, 3.05) is 9.80 Å². The first-order chi connectivity index (χ1) is 28.4. The predicted octanol–water partition coefficient (Wildman–Crippen LogP) is 16.2. The zero-order chi connectivity index (χ0) is 39.1. The topological polar surface area (TPSA) is 6.48 Å². The quantitative estimate of drug-likeness (QED) is 0.166. The van der Waals surface area contributed by atoms with Gasteiger partial charge in [0.1, 0.15) is 0 Å². The van der Waals surface area contributed by atoms with Gasteiger partial charge in [0.25, 0.3) is 0 Å². The summed E-state index contributed by atoms with van der Waals surface area (Å²) in [6, 6.07) is 67.3. The third-order valence-electron chi connectivity index (χ3n) is 12.5. The number of fused-ring (bicyclic) bond motifs is 9. The molecule has 0 spiro atoms. The fraction of sp³-hybridized carbons (Fsp3) is 0.0909. The zero-order valence-corrected chi connectivity index (χ0v) is 33.9. The van der Waals surface area contributed by atoms with Crippen LogP contribution in [0.4, 0.5) is 34.1 Å². The van der Waals surface area contributed by atoms with Crippen LogP contribution in [-0.4, -0.2) is 0 Å². The zero-order valence-electron chi connectivity index (χ0n) is 33.1. The molecule has 0 radical (unpaired) electrons. The minimum atomic E-state index is -0.158. The van der Waals surface area contributed by atoms with Crippen LogP contribution in [-0.2, 0) is 5.41 Å². The third kappa shape index (κ3) is 5.16. The SMILES string of the molecule is Cc1ccc(N(c2ccccc2)c2ccc3c(c2)-c2c(ccc4sc5c(N(c6ccccc6)c6ccc(C)c7ccccc67)cccc5c24)C3(C)C)c2ccccc12. The molecule has 3 heteroatoms. The van der Waals surface area contributed by atoms with Crippen LogP contribution < -0.4 is 9.80 Å². The van der Waals surface area contributed by atoms with E-state index in [9.17, 15) is 0 Å². The maximum Gasteiger partial charge on any atom is 0.0640 e. The lowest BCUT2D eigenvalue weighted by atomic mass is 9.82. The molecule has 0 aliphatic heterocycles. The summed E-state index contributed by atoms with van der Waals surface area (Å²) in [5.41, 5.74) is 14.8. The number of rotatable bonds is 6. The van der Waals surface area contributed by atoms with Gasteiger partial charge in [-0.3, -0.25) is 0 Å². The second kappa shape index (κ2) is 13.2. The number of thiophene rings is 1. The van der Waals surface area contributed by atoms with E-state index in [1.165, 1.54) is 92.2 Å². The van der Waals surface area contributed by atoms with E-state index in [0.717, 1.165) is 17.1 Å². The van der Waals surface area contributed by atoms with Gasteiger partial charge >= 0.3 is 0 Å². The monoisotopic (exact) mass is 762 g/mol. The van der Waals surface area contributed by atoms with Crippen molar-refractivity contribution in [3.63, 3.8) is 0 Å². The van der Waals surface area contributed by atoms with Crippen molar-refractivity contribution in [2.24, 2.45) is 0 Å². The van der Waals surface area contributed by atoms with E-state index >= 15 is 0 Å². The van der Waals surface area contributed by atoms with Crippen molar-refractivity contribution in [2.45, 2.75) is 33.1 Å². The van der Waals surface area contributed by atoms with Gasteiger partial charge in [0.05, 0.1) is 21.8 Å². The van der Waals surface area contributed by atoms with Crippen LogP contribution in [0, 0.1) is 13.8 Å². The van der Waals surface area contributed by atoms with E-state index in [0.29, 0.717) is 0 Å². The summed E-state index contributed by atoms with van der Waals surface area (Å²) in [6.45, 7) is 9.20. The summed E-state index contributed by atoms with van der Waals surface area (Å²) in [4.78, 5) is 4.92. The van der Waals surface area contributed by atoms with Crippen LogP contribution in [0.3, 0.4) is 0 Å². The highest BCUT2D eigenvalue weighted by Gasteiger charge is 2.38. The summed E-state index contributed by atoms with van der Waals surface area (Å²) in [6.07, 6.45) is 0. The number of para-hydroxylation sites is 2. The molecule has 1 aliphatic rings. The van der Waals surface area contributed by atoms with Crippen LogP contribution in [0.15, 0.2) is 182 Å². The molecule has 58 heavy (non-hydrogen) atoms. The van der Waals surface area contributed by atoms with Gasteiger partial charge in [-0.2, -0.15) is 0 Å². The Kier molecular flexibility index (Phi) is 7.86. The molecule has 0 N–H and O–H groups in total. The van der Waals surface area contributed by atoms with Crippen LogP contribution in [0.5, 0.6) is 0 Å². The lowest BCUT2D eigenvalue weighted by molar-refractivity contribution is 0.661. The van der Waals surface area contributed by atoms with Crippen molar-refractivity contribution < 1.29 is 0 Å². The van der Waals surface area contributed by atoms with Crippen molar-refractivity contribution in [1.29, 1.82) is 0 Å². The number of nitrogens with zero attached hydrogens (tertiary/aromatic N) is 2. The highest BCUT2D eigenvalue weighted by molar-refractivity contribution is 7.26. The van der Waals surface area contributed by atoms with E-state index < -0.39 is 0 Å². The molecule has 1 aliphatic carbocycles. The van der Waals surface area contributed by atoms with Gasteiger partial charge in [0.15, 0.2) is 0 Å². The Hall–Kier alpha value is -6.68. The average Bonchev–Trinajstić information content (AvgIpc) is 3.76. The lowest BCUT2D eigenvalue weighted by Gasteiger charge is -2.28. The van der Waals surface area contributed by atoms with E-state index in [4.69, 9.17) is 0 Å². The number of hydrogen-bond donors (Lipinski definition) is 0. The molecule has 0 saturated carbocycles. The van der Waals surface area contributed by atoms with Gasteiger partial charge in [-0.05, 0) is 119 Å². The fourth-order valence-corrected chi connectivity index (χ4v) is 10.9. The van der Waals surface area contributed by atoms with Crippen LogP contribution >= 0.6 is 11.3 Å². The van der Waals surface area contributed by atoms with Gasteiger partial charge < -0.3 is 9.80 Å². The first-order valence-electron chi connectivity index (χ1n) is 20.2. The van der Waals surface area contributed by atoms with Gasteiger partial charge in [-0.25, -0.2) is 0 Å². The van der Waals surface area contributed by atoms with E-state index in [-0.39, 0.29) is 5.41 Å². The van der Waals surface area contributed by atoms with Gasteiger partial charge in [0.2, 0.25) is 0 Å². The summed E-state index contributed by atoms with van der Waals surface area (Å²) >= 11 is 1.91. The minimum Gasteiger partial charge on any atom is -0.310 e. The Morgan fingerprint density at radius 2 is 0.948 bits per heavy atom. The van der Waals surface area contributed by atoms with Gasteiger partial charge in [-0.15, -0.1) is 11.3 Å². The maximum absolute atomic E-state index is 2.47. The Balaban J connectivity index is 1.16. The summed E-state index contributed by atoms with van der Waals surface area (Å²) in [5.74, 6) is 0. The molecular weight excluding hydrogens is 721 g/mol. The molecule has 11 rings (SSSR count). The van der Waals surface area contributed by atoms with E-state index in [2.05, 4.69) is 219 Å². The average molecular weight is 763 g/mol. The molecule has 0 amide bonds. The molecule has 1 heterocycles. The Morgan fingerprint density at radius 1 is 0.414 bits per heavy atom. The van der Waals surface area contributed by atoms with Crippen LogP contribution in [0.25, 0.3) is 52.8 Å². The highest BCUT2D eigenvalue weighted by atomic mass is 32.1. The molecule has 278 valence electrons. The Morgan fingerprint density at radius 3 is 1.59 bits per heavy atom. The standard InChI is InChI=1S/C55H42N2S/c1-35-26-31-48(42-22-13-11-20-40(35)42)56(37-16-7-5-8-17-37)39-28-29-46-45(34-39)52-47(55(46,3)4)30-33-51-53(52)44-24-15-25-50(54(44)58-51)57(38-18-9-6-10-19-38)49-32-27-36(2)41-21-12-14-23-43(41)49/h5-34H,1-4H3. The fourth-order valence-electron chi connectivity index (χ4n) is 9.67. The van der Waals surface area contributed by atoms with E-state index in [1.54, 1.807) is 0 Å². The summed E-state index contributed by atoms with van der Waals surface area (Å²) < 4.78 is 2.60. The largest absolute Gasteiger partial charge is 0.310 e. The van der Waals surface area contributed by atoms with Crippen LogP contribution in [0.2, 0.25) is 0 Å². The van der Waals surface area contributed by atoms with Crippen molar-refractivity contribution in [3.05, 3.63) is 204 Å². The molecule has 0 unspecified atom stereocenters. The smallest absolute Gasteiger partial charge is 0.0640 e. The lowest BCUT2D eigenvalue weighted by Crippen LogP contribution is -2.15. The minimum absolute atomic E-state index is 0.158. The number of hydrogen-bond acceptors (Lipinski definition) is 3. The van der Waals surface area contributed by atoms with Crippen LogP contribution in [0.1, 0.15) is 36.1 Å². The first-order valence-corrected chi connectivity index (χ1v) is 21.0. The van der Waals surface area contributed by atoms with Crippen molar-refractivity contribution in [3.8, 4) is 11.1 Å². The molecule has 0 saturated heterocycles. The molecule has 0 fully saturated rings. The molecule has 1 aromatic heterocycles. The molecule has 9 aromatic carbocycles. The van der Waals surface area contributed by atoms with E-state index in [1.807, 2.05) is 11.3 Å². The summed E-state index contributed by atoms with van der Waals surface area (Å²) in [7, 11) is 0. The second-order valence-electron chi connectivity index (χ2n) is 16.2. The molecule has 0 atom stereocenters. The van der Waals surface area contributed by atoms with Crippen molar-refractivity contribution in [1.82, 2.24) is 0 Å². The third-order valence-corrected chi connectivity index (χ3v) is 13.7. The van der Waals surface area contributed by atoms with Crippen molar-refractivity contribution >= 4 is 87.2 Å². The Labute approximate surface area is 343 Å². The van der Waals surface area contributed by atoms with Gasteiger partial charge in [0, 0.05) is 48.7 Å². The number of anilines is 6. The first kappa shape index (κ1) is 34.6. The van der Waals surface area contributed by atoms with Gasteiger partial charge in [-0.1, -0.05) is 135 Å². The molecular formula is C55H42N2S. The Bertz CT molecular complexity index is 3230. The molecule has 10 aromatic rings. The number of benzene rings is 9. The summed E-state index contributed by atoms with van der Waals surface area (Å²) in [5, 5.41) is 7.69. The number of aryl methyl sites for hydroxylation is 2. The second-order valence-corrected chi connectivity index (χ2v) is 17.3. The molecule has 0 bridgehead atoms. The predicted molar refractivity (Wildman–Crippen MR) is 251 cm³/mol. The molecule has 2 nitrogen and oxygen atoms in total. The normalized spacial score (nSPS) is 13.0. The highest BCUT2D eigenvalue weighted by Crippen LogP contribution is 2.56.